The van der Waals surface area contributed by atoms with Gasteiger partial charge in [0.15, 0.2) is 0 Å². The third kappa shape index (κ3) is 4.60. The summed E-state index contributed by atoms with van der Waals surface area (Å²) in [5.41, 5.74) is 6.09. The van der Waals surface area contributed by atoms with Crippen molar-refractivity contribution in [2.24, 2.45) is 5.73 Å². The van der Waals surface area contributed by atoms with Gasteiger partial charge in [0.25, 0.3) is 0 Å². The van der Waals surface area contributed by atoms with Crippen LogP contribution in [0.5, 0.6) is 0 Å². The Kier molecular flexibility index (Phi) is 5.07. The second kappa shape index (κ2) is 6.13. The lowest BCUT2D eigenvalue weighted by Crippen LogP contribution is -2.38. The highest BCUT2D eigenvalue weighted by Crippen LogP contribution is 2.04. The number of hydrogen-bond acceptors (Lipinski definition) is 3. The molecule has 0 aliphatic rings. The van der Waals surface area contributed by atoms with Gasteiger partial charge in [-0.25, -0.2) is 0 Å². The second-order valence-corrected chi connectivity index (χ2v) is 10.6. The molecule has 0 aromatic heterocycles. The standard InChI is InChI=1S/C13H22N2O2Si/c1-18(2,3)11-6-4-10(5-7-11)8-15-9-12(16)13(14)17/h4-7,12,15-16H,8-9H2,1-3H3,(H2,14,17). The zero-order chi connectivity index (χ0) is 13.8. The van der Waals surface area contributed by atoms with E-state index in [0.717, 1.165) is 5.56 Å². The van der Waals surface area contributed by atoms with E-state index in [0.29, 0.717) is 6.54 Å². The highest BCUT2D eigenvalue weighted by atomic mass is 28.3. The SMILES string of the molecule is C[Si](C)(C)c1ccc(CNCC(O)C(N)=O)cc1. The number of amides is 1. The van der Waals surface area contributed by atoms with Crippen LogP contribution in [0.4, 0.5) is 0 Å². The number of aliphatic hydroxyl groups is 1. The normalized spacial score (nSPS) is 13.3. The van der Waals surface area contributed by atoms with Gasteiger partial charge >= 0.3 is 0 Å². The Hall–Kier alpha value is -1.17. The van der Waals surface area contributed by atoms with E-state index in [1.54, 1.807) is 0 Å². The topological polar surface area (TPSA) is 75.3 Å². The van der Waals surface area contributed by atoms with Crippen molar-refractivity contribution in [3.8, 4) is 0 Å². The molecule has 4 nitrogen and oxygen atoms in total. The quantitative estimate of drug-likeness (QED) is 0.642. The minimum Gasteiger partial charge on any atom is -0.382 e. The highest BCUT2D eigenvalue weighted by molar-refractivity contribution is 6.88. The predicted octanol–water partition coefficient (Wildman–Crippen LogP) is 0.168. The lowest BCUT2D eigenvalue weighted by molar-refractivity contribution is -0.125. The monoisotopic (exact) mass is 266 g/mol. The lowest BCUT2D eigenvalue weighted by atomic mass is 10.2. The van der Waals surface area contributed by atoms with Crippen molar-refractivity contribution >= 4 is 19.2 Å². The molecule has 18 heavy (non-hydrogen) atoms. The molecule has 0 aliphatic carbocycles. The fraction of sp³-hybridized carbons (Fsp3) is 0.462. The van der Waals surface area contributed by atoms with Crippen LogP contribution in [0.2, 0.25) is 19.6 Å². The summed E-state index contributed by atoms with van der Waals surface area (Å²) in [6, 6.07) is 8.48. The first kappa shape index (κ1) is 14.9. The van der Waals surface area contributed by atoms with Crippen LogP contribution < -0.4 is 16.2 Å². The average molecular weight is 266 g/mol. The molecule has 4 N–H and O–H groups in total. The van der Waals surface area contributed by atoms with Gasteiger partial charge < -0.3 is 16.2 Å². The van der Waals surface area contributed by atoms with Gasteiger partial charge in [0, 0.05) is 13.1 Å². The Labute approximate surface area is 109 Å². The predicted molar refractivity (Wildman–Crippen MR) is 76.3 cm³/mol. The van der Waals surface area contributed by atoms with Gasteiger partial charge in [0.05, 0.1) is 8.07 Å². The van der Waals surface area contributed by atoms with Gasteiger partial charge in [-0.15, -0.1) is 0 Å². The van der Waals surface area contributed by atoms with Crippen LogP contribution in [0, 0.1) is 0 Å². The molecule has 0 radical (unpaired) electrons. The molecule has 0 heterocycles. The Morgan fingerprint density at radius 1 is 1.33 bits per heavy atom. The molecule has 0 aliphatic heterocycles. The maximum atomic E-state index is 10.6. The number of nitrogens with one attached hydrogen (secondary N) is 1. The number of primary amides is 1. The molecule has 0 spiro atoms. The van der Waals surface area contributed by atoms with E-state index in [-0.39, 0.29) is 6.54 Å². The highest BCUT2D eigenvalue weighted by Gasteiger charge is 2.15. The molecular formula is C13H22N2O2Si. The minimum absolute atomic E-state index is 0.186. The first-order chi connectivity index (χ1) is 8.30. The van der Waals surface area contributed by atoms with Gasteiger partial charge in [0.2, 0.25) is 5.91 Å². The van der Waals surface area contributed by atoms with Crippen LogP contribution in [0.15, 0.2) is 24.3 Å². The molecule has 1 aromatic carbocycles. The molecule has 1 atom stereocenters. The number of carbonyl (C=O) groups is 1. The molecule has 0 saturated heterocycles. The molecule has 5 heteroatoms. The van der Waals surface area contributed by atoms with Gasteiger partial charge in [-0.1, -0.05) is 49.1 Å². The van der Waals surface area contributed by atoms with E-state index in [4.69, 9.17) is 5.73 Å². The van der Waals surface area contributed by atoms with Crippen LogP contribution >= 0.6 is 0 Å². The van der Waals surface area contributed by atoms with Crippen LogP contribution in [0.25, 0.3) is 0 Å². The summed E-state index contributed by atoms with van der Waals surface area (Å²) in [6.45, 7) is 7.73. The molecule has 100 valence electrons. The molecule has 0 bridgehead atoms. The molecular weight excluding hydrogens is 244 g/mol. The van der Waals surface area contributed by atoms with Crippen molar-refractivity contribution in [3.63, 3.8) is 0 Å². The molecule has 0 fully saturated rings. The first-order valence-corrected chi connectivity index (χ1v) is 9.58. The number of hydrogen-bond donors (Lipinski definition) is 3. The maximum Gasteiger partial charge on any atom is 0.247 e. The van der Waals surface area contributed by atoms with E-state index in [2.05, 4.69) is 49.2 Å². The lowest BCUT2D eigenvalue weighted by Gasteiger charge is -2.17. The summed E-state index contributed by atoms with van der Waals surface area (Å²) in [5, 5.41) is 13.6. The molecule has 1 unspecified atom stereocenters. The minimum atomic E-state index is -1.24. The van der Waals surface area contributed by atoms with Crippen LogP contribution in [-0.4, -0.2) is 31.7 Å². The fourth-order valence-corrected chi connectivity index (χ4v) is 2.74. The Morgan fingerprint density at radius 3 is 2.33 bits per heavy atom. The maximum absolute atomic E-state index is 10.6. The zero-order valence-corrected chi connectivity index (χ0v) is 12.2. The van der Waals surface area contributed by atoms with E-state index in [1.807, 2.05) is 0 Å². The van der Waals surface area contributed by atoms with Crippen molar-refractivity contribution in [1.82, 2.24) is 5.32 Å². The molecule has 0 saturated carbocycles. The van der Waals surface area contributed by atoms with Gasteiger partial charge in [-0.2, -0.15) is 0 Å². The first-order valence-electron chi connectivity index (χ1n) is 6.08. The van der Waals surface area contributed by atoms with E-state index in [1.165, 1.54) is 5.19 Å². The van der Waals surface area contributed by atoms with Gasteiger partial charge in [0.1, 0.15) is 6.10 Å². The van der Waals surface area contributed by atoms with E-state index >= 15 is 0 Å². The van der Waals surface area contributed by atoms with Crippen molar-refractivity contribution in [2.45, 2.75) is 32.3 Å². The van der Waals surface area contributed by atoms with Crippen LogP contribution in [0.3, 0.4) is 0 Å². The Balaban J connectivity index is 2.47. The van der Waals surface area contributed by atoms with E-state index < -0.39 is 20.1 Å². The second-order valence-electron chi connectivity index (χ2n) is 5.50. The third-order valence-corrected chi connectivity index (χ3v) is 4.88. The number of nitrogens with two attached hydrogens (primary N) is 1. The smallest absolute Gasteiger partial charge is 0.247 e. The van der Waals surface area contributed by atoms with Crippen LogP contribution in [0.1, 0.15) is 5.56 Å². The Bertz CT molecular complexity index is 398. The largest absolute Gasteiger partial charge is 0.382 e. The van der Waals surface area contributed by atoms with Crippen molar-refractivity contribution in [2.75, 3.05) is 6.54 Å². The zero-order valence-electron chi connectivity index (χ0n) is 11.2. The summed E-state index contributed by atoms with van der Waals surface area (Å²) in [6.07, 6.45) is -1.12. The van der Waals surface area contributed by atoms with Crippen LogP contribution in [-0.2, 0) is 11.3 Å². The van der Waals surface area contributed by atoms with Crippen molar-refractivity contribution in [1.29, 1.82) is 0 Å². The summed E-state index contributed by atoms with van der Waals surface area (Å²) in [7, 11) is -1.24. The van der Waals surface area contributed by atoms with E-state index in [9.17, 15) is 9.90 Å². The molecule has 1 aromatic rings. The summed E-state index contributed by atoms with van der Waals surface area (Å²) in [4.78, 5) is 10.6. The van der Waals surface area contributed by atoms with Crippen molar-refractivity contribution < 1.29 is 9.90 Å². The molecule has 1 amide bonds. The molecule has 1 rings (SSSR count). The Morgan fingerprint density at radius 2 is 1.89 bits per heavy atom. The fourth-order valence-electron chi connectivity index (χ4n) is 1.58. The van der Waals surface area contributed by atoms with Gasteiger partial charge in [-0.3, -0.25) is 4.79 Å². The number of carbonyl (C=O) groups excluding carboxylic acids is 1. The summed E-state index contributed by atoms with van der Waals surface area (Å²) in [5.74, 6) is -0.698. The van der Waals surface area contributed by atoms with Gasteiger partial charge in [-0.05, 0) is 5.56 Å². The average Bonchev–Trinajstić information content (AvgIpc) is 2.28. The van der Waals surface area contributed by atoms with Crippen molar-refractivity contribution in [3.05, 3.63) is 29.8 Å². The number of rotatable bonds is 6. The summed E-state index contributed by atoms with van der Waals surface area (Å²) < 4.78 is 0. The number of aliphatic hydroxyl groups excluding tert-OH is 1. The third-order valence-electron chi connectivity index (χ3n) is 2.82. The number of benzene rings is 1. The summed E-state index contributed by atoms with van der Waals surface area (Å²) >= 11 is 0.